The van der Waals surface area contributed by atoms with Gasteiger partial charge in [-0.25, -0.2) is 0 Å². The number of hydrogen-bond acceptors (Lipinski definition) is 2. The maximum Gasteiger partial charge on any atom is 1.00 e. The summed E-state index contributed by atoms with van der Waals surface area (Å²) in [6.07, 6.45) is 0.512. The first kappa shape index (κ1) is 6.55. The summed E-state index contributed by atoms with van der Waals surface area (Å²) >= 11 is 0. The van der Waals surface area contributed by atoms with Crippen LogP contribution in [0.1, 0.15) is 18.7 Å². The molecule has 0 bridgehead atoms. The van der Waals surface area contributed by atoms with E-state index in [0.717, 1.165) is 17.4 Å². The van der Waals surface area contributed by atoms with E-state index < -0.39 is 0 Å². The molecular formula is C9H9O2+. The van der Waals surface area contributed by atoms with Gasteiger partial charge in [0.05, 0.1) is 6.61 Å². The molecule has 1 heterocycles. The number of fused-ring (bicyclic) bond motifs is 1. The van der Waals surface area contributed by atoms with E-state index in [4.69, 9.17) is 4.74 Å². The normalized spacial score (nSPS) is 21.3. The molecule has 0 aromatic heterocycles. The molecule has 0 saturated heterocycles. The highest BCUT2D eigenvalue weighted by Gasteiger charge is 2.20. The van der Waals surface area contributed by atoms with Crippen molar-refractivity contribution < 1.29 is 11.0 Å². The lowest BCUT2D eigenvalue weighted by Gasteiger charge is -1.99. The molecule has 2 rings (SSSR count). The Bertz CT molecular complexity index is 286. The van der Waals surface area contributed by atoms with Gasteiger partial charge < -0.3 is 9.53 Å². The van der Waals surface area contributed by atoms with Crippen molar-refractivity contribution in [3.63, 3.8) is 0 Å². The SMILES string of the molecule is O=CC1OCc2ccccc21.[H+]. The molecule has 2 nitrogen and oxygen atoms in total. The number of ether oxygens (including phenoxy) is 1. The molecule has 0 spiro atoms. The summed E-state index contributed by atoms with van der Waals surface area (Å²) in [6, 6.07) is 7.79. The van der Waals surface area contributed by atoms with Gasteiger partial charge in [0.25, 0.3) is 0 Å². The van der Waals surface area contributed by atoms with Gasteiger partial charge in [0.2, 0.25) is 0 Å². The molecule has 56 valence electrons. The van der Waals surface area contributed by atoms with Crippen molar-refractivity contribution in [1.82, 2.24) is 0 Å². The smallest absolute Gasteiger partial charge is 0.361 e. The highest BCUT2D eigenvalue weighted by molar-refractivity contribution is 5.62. The second-order valence-corrected chi connectivity index (χ2v) is 2.57. The van der Waals surface area contributed by atoms with E-state index in [1.54, 1.807) is 0 Å². The standard InChI is InChI=1S/C9H8O2/c10-5-9-8-4-2-1-3-7(8)6-11-9/h1-5,9H,6H2/p+1. The Kier molecular flexibility index (Phi) is 1.47. The number of hydrogen-bond donors (Lipinski definition) is 0. The molecule has 0 radical (unpaired) electrons. The van der Waals surface area contributed by atoms with Gasteiger partial charge in [0.15, 0.2) is 6.29 Å². The summed E-state index contributed by atoms with van der Waals surface area (Å²) in [4.78, 5) is 10.4. The minimum Gasteiger partial charge on any atom is -0.361 e. The van der Waals surface area contributed by atoms with E-state index in [9.17, 15) is 4.79 Å². The van der Waals surface area contributed by atoms with Gasteiger partial charge in [-0.1, -0.05) is 24.3 Å². The molecule has 0 saturated carbocycles. The molecule has 0 fully saturated rings. The van der Waals surface area contributed by atoms with Crippen LogP contribution in [-0.2, 0) is 16.1 Å². The Labute approximate surface area is 66.3 Å². The van der Waals surface area contributed by atoms with Crippen molar-refractivity contribution in [3.8, 4) is 0 Å². The summed E-state index contributed by atoms with van der Waals surface area (Å²) in [6.45, 7) is 0.569. The molecule has 1 aromatic carbocycles. The molecule has 11 heavy (non-hydrogen) atoms. The fourth-order valence-corrected chi connectivity index (χ4v) is 1.33. The third-order valence-electron chi connectivity index (χ3n) is 1.90. The Morgan fingerprint density at radius 1 is 1.55 bits per heavy atom. The average Bonchev–Trinajstić information content (AvgIpc) is 2.47. The predicted molar refractivity (Wildman–Crippen MR) is 41.1 cm³/mol. The van der Waals surface area contributed by atoms with Crippen molar-refractivity contribution in [2.45, 2.75) is 12.7 Å². The molecule has 2 heteroatoms. The van der Waals surface area contributed by atoms with E-state index in [0.29, 0.717) is 6.61 Å². The van der Waals surface area contributed by atoms with Gasteiger partial charge >= 0.3 is 1.43 Å². The Morgan fingerprint density at radius 2 is 2.36 bits per heavy atom. The zero-order valence-corrected chi connectivity index (χ0v) is 5.99. The predicted octanol–water partition coefficient (Wildman–Crippen LogP) is 1.57. The Hall–Kier alpha value is -1.15. The van der Waals surface area contributed by atoms with Crippen molar-refractivity contribution in [2.75, 3.05) is 0 Å². The van der Waals surface area contributed by atoms with Crippen molar-refractivity contribution >= 4 is 6.29 Å². The number of benzene rings is 1. The maximum absolute atomic E-state index is 10.4. The zero-order chi connectivity index (χ0) is 7.68. The van der Waals surface area contributed by atoms with Gasteiger partial charge in [0, 0.05) is 0 Å². The van der Waals surface area contributed by atoms with Crippen LogP contribution in [0.15, 0.2) is 24.3 Å². The van der Waals surface area contributed by atoms with Gasteiger partial charge in [-0.2, -0.15) is 0 Å². The van der Waals surface area contributed by atoms with E-state index in [2.05, 4.69) is 0 Å². The average molecular weight is 149 g/mol. The first-order valence-electron chi connectivity index (χ1n) is 3.56. The van der Waals surface area contributed by atoms with Crippen LogP contribution in [0.4, 0.5) is 0 Å². The highest BCUT2D eigenvalue weighted by Crippen LogP contribution is 2.27. The van der Waals surface area contributed by atoms with Gasteiger partial charge in [-0.3, -0.25) is 0 Å². The molecule has 1 aromatic rings. The summed E-state index contributed by atoms with van der Waals surface area (Å²) in [5, 5.41) is 0. The van der Waals surface area contributed by atoms with Gasteiger partial charge in [-0.15, -0.1) is 0 Å². The monoisotopic (exact) mass is 149 g/mol. The zero-order valence-electron chi connectivity index (χ0n) is 6.99. The minimum atomic E-state index is -0.328. The maximum atomic E-state index is 10.4. The molecule has 1 aliphatic rings. The minimum absolute atomic E-state index is 0. The number of rotatable bonds is 1. The molecule has 0 amide bonds. The van der Waals surface area contributed by atoms with Crippen molar-refractivity contribution in [3.05, 3.63) is 35.4 Å². The van der Waals surface area contributed by atoms with Gasteiger partial charge in [0.1, 0.15) is 6.10 Å². The molecule has 1 atom stereocenters. The van der Waals surface area contributed by atoms with Crippen LogP contribution in [0.2, 0.25) is 0 Å². The molecule has 1 unspecified atom stereocenters. The van der Waals surface area contributed by atoms with Crippen molar-refractivity contribution in [1.29, 1.82) is 0 Å². The first-order chi connectivity index (χ1) is 5.42. The fourth-order valence-electron chi connectivity index (χ4n) is 1.33. The molecule has 0 aliphatic carbocycles. The lowest BCUT2D eigenvalue weighted by Crippen LogP contribution is -1.95. The van der Waals surface area contributed by atoms with Crippen LogP contribution < -0.4 is 0 Å². The second-order valence-electron chi connectivity index (χ2n) is 2.57. The molecular weight excluding hydrogens is 140 g/mol. The first-order valence-corrected chi connectivity index (χ1v) is 3.56. The molecule has 1 aliphatic heterocycles. The summed E-state index contributed by atoms with van der Waals surface area (Å²) in [5.41, 5.74) is 2.15. The van der Waals surface area contributed by atoms with Gasteiger partial charge in [-0.05, 0) is 11.1 Å². The van der Waals surface area contributed by atoms with Crippen LogP contribution in [0, 0.1) is 0 Å². The van der Waals surface area contributed by atoms with Crippen LogP contribution >= 0.6 is 0 Å². The van der Waals surface area contributed by atoms with Crippen LogP contribution in [0.5, 0.6) is 0 Å². The fraction of sp³-hybridized carbons (Fsp3) is 0.222. The third-order valence-corrected chi connectivity index (χ3v) is 1.90. The van der Waals surface area contributed by atoms with E-state index in [1.807, 2.05) is 24.3 Å². The van der Waals surface area contributed by atoms with E-state index in [1.165, 1.54) is 0 Å². The number of aldehydes is 1. The topological polar surface area (TPSA) is 26.3 Å². The number of carbonyl (C=O) groups excluding carboxylic acids is 1. The Morgan fingerprint density at radius 3 is 3.18 bits per heavy atom. The summed E-state index contributed by atoms with van der Waals surface area (Å²) < 4.78 is 5.20. The van der Waals surface area contributed by atoms with Crippen LogP contribution in [0.3, 0.4) is 0 Å². The lowest BCUT2D eigenvalue weighted by molar-refractivity contribution is -0.117. The Balaban J connectivity index is 0.000000720. The third kappa shape index (κ3) is 0.955. The van der Waals surface area contributed by atoms with E-state index >= 15 is 0 Å². The lowest BCUT2D eigenvalue weighted by atomic mass is 10.1. The largest absolute Gasteiger partial charge is 1.00 e. The quantitative estimate of drug-likeness (QED) is 0.566. The van der Waals surface area contributed by atoms with Crippen molar-refractivity contribution in [2.24, 2.45) is 0 Å². The number of carbonyl (C=O) groups is 1. The molecule has 0 N–H and O–H groups in total. The van der Waals surface area contributed by atoms with Crippen LogP contribution in [-0.4, -0.2) is 6.29 Å². The summed E-state index contributed by atoms with van der Waals surface area (Å²) in [5.74, 6) is 0. The highest BCUT2D eigenvalue weighted by atomic mass is 16.5. The van der Waals surface area contributed by atoms with E-state index in [-0.39, 0.29) is 7.53 Å². The summed E-state index contributed by atoms with van der Waals surface area (Å²) in [7, 11) is 0. The second kappa shape index (κ2) is 2.47. The van der Waals surface area contributed by atoms with Crippen LogP contribution in [0.25, 0.3) is 0 Å².